The monoisotopic (exact) mass is 492 g/mol. The van der Waals surface area contributed by atoms with E-state index in [0.717, 1.165) is 22.2 Å². The zero-order valence-corrected chi connectivity index (χ0v) is 20.5. The lowest BCUT2D eigenvalue weighted by Crippen LogP contribution is -2.34. The number of benzene rings is 3. The first-order valence-electron chi connectivity index (χ1n) is 12.4. The Bertz CT molecular complexity index is 1660. The van der Waals surface area contributed by atoms with Crippen molar-refractivity contribution in [2.45, 2.75) is 18.3 Å². The van der Waals surface area contributed by atoms with Gasteiger partial charge in [0.15, 0.2) is 5.69 Å². The van der Waals surface area contributed by atoms with Crippen molar-refractivity contribution in [2.75, 3.05) is 13.1 Å². The fourth-order valence-electron chi connectivity index (χ4n) is 6.49. The minimum Gasteiger partial charge on any atom is -0.336 e. The van der Waals surface area contributed by atoms with Crippen LogP contribution in [0, 0.1) is 18.7 Å². The van der Waals surface area contributed by atoms with E-state index in [4.69, 9.17) is 0 Å². The summed E-state index contributed by atoms with van der Waals surface area (Å²) in [4.78, 5) is 15.2. The molecule has 3 atom stereocenters. The summed E-state index contributed by atoms with van der Waals surface area (Å²) in [5.74, 6) is 0.308. The van der Waals surface area contributed by atoms with Gasteiger partial charge in [-0.1, -0.05) is 35.5 Å². The van der Waals surface area contributed by atoms with Crippen LogP contribution < -0.4 is 0 Å². The number of halogens is 1. The SMILES string of the molecule is Cc1cc2c(cnn2-c2ccc(F)cc2)cc1C12CN(C(=O)c3cn(C)nn3)CC1C2c1ccccc1. The van der Waals surface area contributed by atoms with Crippen molar-refractivity contribution < 1.29 is 9.18 Å². The number of aryl methyl sites for hydroxylation is 2. The number of aromatic nitrogens is 5. The number of carbonyl (C=O) groups is 1. The molecule has 3 heterocycles. The van der Waals surface area contributed by atoms with Crippen LogP contribution in [0.4, 0.5) is 4.39 Å². The highest BCUT2D eigenvalue weighted by Crippen LogP contribution is 2.69. The highest BCUT2D eigenvalue weighted by Gasteiger charge is 2.71. The van der Waals surface area contributed by atoms with Gasteiger partial charge in [0.25, 0.3) is 5.91 Å². The number of hydrogen-bond acceptors (Lipinski definition) is 4. The molecular formula is C29H25FN6O. The van der Waals surface area contributed by atoms with Crippen LogP contribution in [0.15, 0.2) is 79.1 Å². The number of amides is 1. The lowest BCUT2D eigenvalue weighted by molar-refractivity contribution is 0.0763. The minimum absolute atomic E-state index is 0.0747. The van der Waals surface area contributed by atoms with E-state index in [0.29, 0.717) is 30.6 Å². The first-order valence-corrected chi connectivity index (χ1v) is 12.4. The third-order valence-corrected chi connectivity index (χ3v) is 8.13. The van der Waals surface area contributed by atoms with Gasteiger partial charge in [0.05, 0.1) is 23.6 Å². The Morgan fingerprint density at radius 1 is 1.08 bits per heavy atom. The van der Waals surface area contributed by atoms with Crippen LogP contribution in [0.1, 0.15) is 33.1 Å². The largest absolute Gasteiger partial charge is 0.336 e. The normalized spacial score (nSPS) is 22.4. The van der Waals surface area contributed by atoms with Gasteiger partial charge in [0, 0.05) is 36.9 Å². The second-order valence-corrected chi connectivity index (χ2v) is 10.3. The molecule has 2 aromatic heterocycles. The number of rotatable bonds is 4. The molecule has 0 radical (unpaired) electrons. The van der Waals surface area contributed by atoms with Gasteiger partial charge in [-0.25, -0.2) is 9.07 Å². The van der Waals surface area contributed by atoms with E-state index in [1.807, 2.05) is 21.8 Å². The Morgan fingerprint density at radius 2 is 1.86 bits per heavy atom. The van der Waals surface area contributed by atoms with Gasteiger partial charge in [-0.15, -0.1) is 5.10 Å². The van der Waals surface area contributed by atoms with E-state index in [1.165, 1.54) is 23.3 Å². The van der Waals surface area contributed by atoms with E-state index in [-0.39, 0.29) is 17.1 Å². The summed E-state index contributed by atoms with van der Waals surface area (Å²) in [6, 6.07) is 21.4. The molecule has 5 aromatic rings. The molecule has 7 rings (SSSR count). The zero-order valence-electron chi connectivity index (χ0n) is 20.5. The van der Waals surface area contributed by atoms with E-state index in [2.05, 4.69) is 58.7 Å². The van der Waals surface area contributed by atoms with E-state index >= 15 is 0 Å². The maximum Gasteiger partial charge on any atom is 0.276 e. The number of nitrogens with zero attached hydrogens (tertiary/aromatic N) is 6. The van der Waals surface area contributed by atoms with Gasteiger partial charge in [-0.3, -0.25) is 9.48 Å². The summed E-state index contributed by atoms with van der Waals surface area (Å²) in [7, 11) is 1.77. The minimum atomic E-state index is -0.272. The van der Waals surface area contributed by atoms with Gasteiger partial charge in [-0.2, -0.15) is 5.10 Å². The third-order valence-electron chi connectivity index (χ3n) is 8.13. The molecule has 1 amide bonds. The summed E-state index contributed by atoms with van der Waals surface area (Å²) in [6.45, 7) is 3.45. The Kier molecular flexibility index (Phi) is 4.64. The number of piperidine rings is 1. The maximum absolute atomic E-state index is 13.5. The quantitative estimate of drug-likeness (QED) is 0.373. The average molecular weight is 493 g/mol. The molecule has 37 heavy (non-hydrogen) atoms. The fourth-order valence-corrected chi connectivity index (χ4v) is 6.49. The predicted molar refractivity (Wildman–Crippen MR) is 137 cm³/mol. The van der Waals surface area contributed by atoms with Crippen LogP contribution in [-0.2, 0) is 12.5 Å². The molecule has 8 heteroatoms. The smallest absolute Gasteiger partial charge is 0.276 e. The molecule has 184 valence electrons. The van der Waals surface area contributed by atoms with Gasteiger partial charge < -0.3 is 4.90 Å². The van der Waals surface area contributed by atoms with Crippen molar-refractivity contribution in [3.05, 3.63) is 107 Å². The molecule has 2 fully saturated rings. The second-order valence-electron chi connectivity index (χ2n) is 10.3. The second kappa shape index (κ2) is 7.83. The van der Waals surface area contributed by atoms with E-state index in [1.54, 1.807) is 30.1 Å². The predicted octanol–water partition coefficient (Wildman–Crippen LogP) is 4.41. The number of likely N-dealkylation sites (tertiary alicyclic amines) is 1. The summed E-state index contributed by atoms with van der Waals surface area (Å²) >= 11 is 0. The first-order chi connectivity index (χ1) is 18.0. The molecule has 0 N–H and O–H groups in total. The van der Waals surface area contributed by atoms with Crippen LogP contribution in [0.3, 0.4) is 0 Å². The van der Waals surface area contributed by atoms with Crippen molar-refractivity contribution in [1.29, 1.82) is 0 Å². The third kappa shape index (κ3) is 3.25. The number of fused-ring (bicyclic) bond motifs is 2. The molecule has 7 nitrogen and oxygen atoms in total. The molecule has 1 aliphatic carbocycles. The van der Waals surface area contributed by atoms with Crippen LogP contribution in [0.2, 0.25) is 0 Å². The van der Waals surface area contributed by atoms with E-state index < -0.39 is 0 Å². The Labute approximate surface area is 213 Å². The number of hydrogen-bond donors (Lipinski definition) is 0. The summed E-state index contributed by atoms with van der Waals surface area (Å²) in [6.07, 6.45) is 3.54. The Morgan fingerprint density at radius 3 is 2.59 bits per heavy atom. The topological polar surface area (TPSA) is 68.8 Å². The first kappa shape index (κ1) is 21.9. The van der Waals surface area contributed by atoms with Crippen molar-refractivity contribution in [3.63, 3.8) is 0 Å². The maximum atomic E-state index is 13.5. The molecule has 1 aliphatic heterocycles. The summed E-state index contributed by atoms with van der Waals surface area (Å²) < 4.78 is 16.9. The van der Waals surface area contributed by atoms with Crippen molar-refractivity contribution in [2.24, 2.45) is 13.0 Å². The molecule has 3 unspecified atom stereocenters. The molecule has 3 aromatic carbocycles. The van der Waals surface area contributed by atoms with Crippen molar-refractivity contribution in [1.82, 2.24) is 29.7 Å². The van der Waals surface area contributed by atoms with Crippen molar-refractivity contribution in [3.8, 4) is 5.69 Å². The highest BCUT2D eigenvalue weighted by atomic mass is 19.1. The molecular weight excluding hydrogens is 467 g/mol. The lowest BCUT2D eigenvalue weighted by Gasteiger charge is -2.25. The standard InChI is InChI=1S/C29H25FN6O/c1-18-12-26-20(14-31-36(26)22-10-8-21(30)9-11-22)13-23(18)29-17-35(28(37)25-16-34(2)33-32-25)15-24(29)27(29)19-6-4-3-5-7-19/h3-14,16,24,27H,15,17H2,1-2H3. The molecule has 1 saturated heterocycles. The zero-order chi connectivity index (χ0) is 25.3. The van der Waals surface area contributed by atoms with Gasteiger partial charge >= 0.3 is 0 Å². The van der Waals surface area contributed by atoms with Crippen LogP contribution >= 0.6 is 0 Å². The van der Waals surface area contributed by atoms with Crippen molar-refractivity contribution >= 4 is 16.8 Å². The Balaban J connectivity index is 1.31. The molecule has 1 saturated carbocycles. The highest BCUT2D eigenvalue weighted by molar-refractivity contribution is 5.93. The van der Waals surface area contributed by atoms with Gasteiger partial charge in [-0.05, 0) is 65.9 Å². The lowest BCUT2D eigenvalue weighted by atomic mass is 9.86. The fraction of sp³-hybridized carbons (Fsp3) is 0.241. The average Bonchev–Trinajstić information content (AvgIpc) is 3.32. The molecule has 2 aliphatic rings. The number of carbonyl (C=O) groups excluding carboxylic acids is 1. The summed E-state index contributed by atoms with van der Waals surface area (Å²) in [5.41, 5.74) is 5.72. The van der Waals surface area contributed by atoms with E-state index in [9.17, 15) is 9.18 Å². The van der Waals surface area contributed by atoms with Crippen LogP contribution in [0.5, 0.6) is 0 Å². The summed E-state index contributed by atoms with van der Waals surface area (Å²) in [5, 5.41) is 13.6. The van der Waals surface area contributed by atoms with Crippen LogP contribution in [-0.4, -0.2) is 48.7 Å². The molecule has 0 bridgehead atoms. The Hall–Kier alpha value is -4.33. The van der Waals surface area contributed by atoms with Crippen LogP contribution in [0.25, 0.3) is 16.6 Å². The van der Waals surface area contributed by atoms with Gasteiger partial charge in [0.2, 0.25) is 0 Å². The molecule has 0 spiro atoms. The van der Waals surface area contributed by atoms with Gasteiger partial charge in [0.1, 0.15) is 5.82 Å².